The van der Waals surface area contributed by atoms with Gasteiger partial charge in [0.2, 0.25) is 0 Å². The zero-order valence-corrected chi connectivity index (χ0v) is 21.0. The predicted octanol–water partition coefficient (Wildman–Crippen LogP) is 7.82. The third kappa shape index (κ3) is 3.48. The number of ketones is 2. The number of nitrogens with zero attached hydrogens (tertiary/aromatic N) is 1. The van der Waals surface area contributed by atoms with E-state index in [0.29, 0.717) is 11.1 Å². The number of benzene rings is 3. The van der Waals surface area contributed by atoms with E-state index >= 15 is 0 Å². The average molecular weight is 476 g/mol. The van der Waals surface area contributed by atoms with Crippen LogP contribution in [0.1, 0.15) is 52.7 Å². The fourth-order valence-electron chi connectivity index (χ4n) is 4.83. The molecule has 4 heteroatoms. The first-order chi connectivity index (χ1) is 16.7. The first kappa shape index (κ1) is 21.8. The summed E-state index contributed by atoms with van der Waals surface area (Å²) >= 11 is 1.73. The summed E-state index contributed by atoms with van der Waals surface area (Å²) in [5, 5.41) is 1.94. The standard InChI is InChI=1S/C31H25NO2S/c1-31(2,3)21-11-9-18(10-12-21)27-17-26-28(35-27)16-22(32(26)4)15-25-29(33)23-13-19-7-5-6-8-20(19)14-24(23)30(25)34/h5-17H,1-4H3. The molecule has 0 atom stereocenters. The van der Waals surface area contributed by atoms with Gasteiger partial charge in [0.25, 0.3) is 0 Å². The maximum atomic E-state index is 13.2. The van der Waals surface area contributed by atoms with Gasteiger partial charge in [-0.1, -0.05) is 69.3 Å². The maximum absolute atomic E-state index is 13.2. The number of Topliss-reactive ketones (excluding diaryl/α,β-unsaturated/α-hetero) is 2. The molecule has 0 spiro atoms. The van der Waals surface area contributed by atoms with Crippen LogP contribution in [-0.2, 0) is 12.5 Å². The highest BCUT2D eigenvalue weighted by molar-refractivity contribution is 7.22. The quantitative estimate of drug-likeness (QED) is 0.193. The van der Waals surface area contributed by atoms with Gasteiger partial charge >= 0.3 is 0 Å². The monoisotopic (exact) mass is 475 g/mol. The van der Waals surface area contributed by atoms with Crippen molar-refractivity contribution in [2.24, 2.45) is 7.05 Å². The molecule has 1 aliphatic rings. The molecular formula is C31H25NO2S. The average Bonchev–Trinajstić information content (AvgIpc) is 3.45. The highest BCUT2D eigenvalue weighted by atomic mass is 32.1. The summed E-state index contributed by atoms with van der Waals surface area (Å²) in [6, 6.07) is 24.5. The topological polar surface area (TPSA) is 39.1 Å². The van der Waals surface area contributed by atoms with Crippen LogP contribution in [0.25, 0.3) is 37.5 Å². The molecule has 172 valence electrons. The molecule has 0 saturated heterocycles. The third-order valence-electron chi connectivity index (χ3n) is 6.96. The molecule has 2 heterocycles. The lowest BCUT2D eigenvalue weighted by Crippen LogP contribution is -2.10. The molecule has 6 rings (SSSR count). The molecule has 35 heavy (non-hydrogen) atoms. The smallest absolute Gasteiger partial charge is 0.197 e. The van der Waals surface area contributed by atoms with Gasteiger partial charge in [-0.25, -0.2) is 0 Å². The van der Waals surface area contributed by atoms with Crippen LogP contribution in [-0.4, -0.2) is 16.1 Å². The largest absolute Gasteiger partial charge is 0.343 e. The van der Waals surface area contributed by atoms with E-state index < -0.39 is 0 Å². The zero-order valence-electron chi connectivity index (χ0n) is 20.2. The van der Waals surface area contributed by atoms with Crippen molar-refractivity contribution in [1.29, 1.82) is 0 Å². The lowest BCUT2D eigenvalue weighted by Gasteiger charge is -2.18. The maximum Gasteiger partial charge on any atom is 0.197 e. The number of thiophene rings is 1. The summed E-state index contributed by atoms with van der Waals surface area (Å²) in [6.07, 6.45) is 1.75. The van der Waals surface area contributed by atoms with E-state index in [1.54, 1.807) is 17.4 Å². The van der Waals surface area contributed by atoms with Gasteiger partial charge in [-0.15, -0.1) is 11.3 Å². The number of carbonyl (C=O) groups is 2. The van der Waals surface area contributed by atoms with E-state index in [0.717, 1.165) is 26.7 Å². The minimum atomic E-state index is -0.195. The Morgan fingerprint density at radius 3 is 1.94 bits per heavy atom. The van der Waals surface area contributed by atoms with Crippen LogP contribution < -0.4 is 0 Å². The van der Waals surface area contributed by atoms with Crippen LogP contribution in [0.3, 0.4) is 0 Å². The fourth-order valence-corrected chi connectivity index (χ4v) is 5.98. The second-order valence-electron chi connectivity index (χ2n) is 10.3. The van der Waals surface area contributed by atoms with Crippen LogP contribution in [0.5, 0.6) is 0 Å². The van der Waals surface area contributed by atoms with Crippen molar-refractivity contribution in [3.8, 4) is 10.4 Å². The molecule has 0 fully saturated rings. The van der Waals surface area contributed by atoms with E-state index in [1.807, 2.05) is 43.4 Å². The lowest BCUT2D eigenvalue weighted by molar-refractivity contribution is 0.0990. The molecule has 3 aromatic carbocycles. The highest BCUT2D eigenvalue weighted by Gasteiger charge is 2.33. The van der Waals surface area contributed by atoms with E-state index in [-0.39, 0.29) is 22.6 Å². The van der Waals surface area contributed by atoms with E-state index in [1.165, 1.54) is 16.0 Å². The SMILES string of the molecule is Cn1c(C=C2C(=O)c3cc4ccccc4cc3C2=O)cc2sc(-c3ccc(C(C)(C)C)cc3)cc21. The van der Waals surface area contributed by atoms with Crippen LogP contribution in [0.2, 0.25) is 0 Å². The van der Waals surface area contributed by atoms with Crippen LogP contribution in [0.4, 0.5) is 0 Å². The van der Waals surface area contributed by atoms with Gasteiger partial charge in [-0.05, 0) is 57.7 Å². The van der Waals surface area contributed by atoms with Gasteiger partial charge in [0, 0.05) is 28.7 Å². The first-order valence-electron chi connectivity index (χ1n) is 11.7. The van der Waals surface area contributed by atoms with E-state index in [4.69, 9.17) is 0 Å². The Morgan fingerprint density at radius 2 is 1.40 bits per heavy atom. The van der Waals surface area contributed by atoms with E-state index in [2.05, 4.69) is 61.7 Å². The summed E-state index contributed by atoms with van der Waals surface area (Å²) < 4.78 is 3.20. The Kier molecular flexibility index (Phi) is 4.74. The van der Waals surface area contributed by atoms with Gasteiger partial charge in [0.1, 0.15) is 0 Å². The minimum Gasteiger partial charge on any atom is -0.343 e. The van der Waals surface area contributed by atoms with Gasteiger partial charge in [0.05, 0.1) is 15.8 Å². The molecular weight excluding hydrogens is 450 g/mol. The first-order valence-corrected chi connectivity index (χ1v) is 12.6. The van der Waals surface area contributed by atoms with Crippen molar-refractivity contribution in [3.63, 3.8) is 0 Å². The molecule has 0 amide bonds. The van der Waals surface area contributed by atoms with Gasteiger partial charge in [-0.2, -0.15) is 0 Å². The molecule has 0 radical (unpaired) electrons. The summed E-state index contributed by atoms with van der Waals surface area (Å²) in [4.78, 5) is 27.5. The number of aromatic nitrogens is 1. The van der Waals surface area contributed by atoms with Crippen molar-refractivity contribution in [2.75, 3.05) is 0 Å². The van der Waals surface area contributed by atoms with E-state index in [9.17, 15) is 9.59 Å². The van der Waals surface area contributed by atoms with Gasteiger partial charge < -0.3 is 4.57 Å². The highest BCUT2D eigenvalue weighted by Crippen LogP contribution is 2.37. The predicted molar refractivity (Wildman–Crippen MR) is 146 cm³/mol. The Morgan fingerprint density at radius 1 is 0.800 bits per heavy atom. The third-order valence-corrected chi connectivity index (χ3v) is 8.08. The molecule has 3 nitrogen and oxygen atoms in total. The minimum absolute atomic E-state index is 0.128. The Bertz CT molecular complexity index is 1650. The second kappa shape index (κ2) is 7.62. The van der Waals surface area contributed by atoms with Crippen LogP contribution >= 0.6 is 11.3 Å². The van der Waals surface area contributed by atoms with Crippen molar-refractivity contribution < 1.29 is 9.59 Å². The summed E-state index contributed by atoms with van der Waals surface area (Å²) in [7, 11) is 1.99. The Hall–Kier alpha value is -3.76. The Labute approximate surface area is 208 Å². The van der Waals surface area contributed by atoms with Gasteiger partial charge in [-0.3, -0.25) is 9.59 Å². The number of allylic oxidation sites excluding steroid dienone is 1. The van der Waals surface area contributed by atoms with Crippen molar-refractivity contribution >= 4 is 50.0 Å². The summed E-state index contributed by atoms with van der Waals surface area (Å²) in [5.74, 6) is -0.389. The lowest BCUT2D eigenvalue weighted by atomic mass is 9.86. The molecule has 0 N–H and O–H groups in total. The van der Waals surface area contributed by atoms with Crippen LogP contribution in [0.15, 0.2) is 78.4 Å². The molecule has 0 aliphatic heterocycles. The number of hydrogen-bond donors (Lipinski definition) is 0. The zero-order chi connectivity index (χ0) is 24.5. The normalized spacial score (nSPS) is 13.8. The van der Waals surface area contributed by atoms with Crippen molar-refractivity contribution in [1.82, 2.24) is 4.57 Å². The number of aryl methyl sites for hydroxylation is 1. The van der Waals surface area contributed by atoms with Crippen LogP contribution in [0, 0.1) is 0 Å². The number of fused-ring (bicyclic) bond motifs is 3. The van der Waals surface area contributed by atoms with Crippen molar-refractivity contribution in [2.45, 2.75) is 26.2 Å². The molecule has 5 aromatic rings. The molecule has 0 unspecified atom stereocenters. The summed E-state index contributed by atoms with van der Waals surface area (Å²) in [6.45, 7) is 6.66. The number of hydrogen-bond acceptors (Lipinski definition) is 3. The number of carbonyl (C=O) groups excluding carboxylic acids is 2. The molecule has 0 saturated carbocycles. The molecule has 0 bridgehead atoms. The number of rotatable bonds is 2. The fraction of sp³-hybridized carbons (Fsp3) is 0.161. The molecule has 1 aliphatic carbocycles. The summed E-state index contributed by atoms with van der Waals surface area (Å²) in [5.41, 5.74) is 5.82. The Balaban J connectivity index is 1.36. The second-order valence-corrected chi connectivity index (χ2v) is 11.4. The van der Waals surface area contributed by atoms with Crippen molar-refractivity contribution in [3.05, 3.63) is 101 Å². The van der Waals surface area contributed by atoms with Gasteiger partial charge in [0.15, 0.2) is 11.6 Å². The molecule has 2 aromatic heterocycles.